The molecule has 0 radical (unpaired) electrons. The van der Waals surface area contributed by atoms with E-state index < -0.39 is 11.8 Å². The molecule has 0 saturated heterocycles. The van der Waals surface area contributed by atoms with Gasteiger partial charge < -0.3 is 14.8 Å². The van der Waals surface area contributed by atoms with Crippen LogP contribution in [0.3, 0.4) is 0 Å². The van der Waals surface area contributed by atoms with Gasteiger partial charge in [0.2, 0.25) is 0 Å². The highest BCUT2D eigenvalue weighted by atomic mass is 32.1. The summed E-state index contributed by atoms with van der Waals surface area (Å²) in [5.41, 5.74) is 7.51. The van der Waals surface area contributed by atoms with Gasteiger partial charge in [-0.2, -0.15) is 0 Å². The van der Waals surface area contributed by atoms with Crippen molar-refractivity contribution in [3.8, 4) is 11.5 Å². The summed E-state index contributed by atoms with van der Waals surface area (Å²) >= 11 is 5.16. The van der Waals surface area contributed by atoms with E-state index in [0.29, 0.717) is 29.2 Å². The van der Waals surface area contributed by atoms with Crippen LogP contribution >= 0.6 is 12.2 Å². The molecule has 41 heavy (non-hydrogen) atoms. The molecule has 4 N–H and O–H groups in total. The number of ether oxygens (including phenoxy) is 2. The molecule has 0 spiro atoms. The van der Waals surface area contributed by atoms with Crippen LogP contribution in [-0.4, -0.2) is 36.0 Å². The van der Waals surface area contributed by atoms with E-state index in [2.05, 4.69) is 21.5 Å². The van der Waals surface area contributed by atoms with Gasteiger partial charge in [-0.3, -0.25) is 30.6 Å². The third-order valence-electron chi connectivity index (χ3n) is 5.80. The molecule has 3 amide bonds. The van der Waals surface area contributed by atoms with Crippen molar-refractivity contribution in [2.75, 3.05) is 18.5 Å². The van der Waals surface area contributed by atoms with Crippen LogP contribution in [-0.2, 0) is 0 Å². The molecule has 0 saturated carbocycles. The molecule has 0 atom stereocenters. The van der Waals surface area contributed by atoms with E-state index >= 15 is 0 Å². The van der Waals surface area contributed by atoms with Gasteiger partial charge in [-0.05, 0) is 79.3 Å². The summed E-state index contributed by atoms with van der Waals surface area (Å²) in [4.78, 5) is 37.8. The maximum Gasteiger partial charge on any atom is 0.269 e. The van der Waals surface area contributed by atoms with Gasteiger partial charge in [0.25, 0.3) is 17.7 Å². The van der Waals surface area contributed by atoms with Gasteiger partial charge >= 0.3 is 0 Å². The lowest BCUT2D eigenvalue weighted by Crippen LogP contribution is -2.48. The van der Waals surface area contributed by atoms with E-state index in [1.807, 2.05) is 49.4 Å². The second-order valence-corrected chi connectivity index (χ2v) is 9.12. The van der Waals surface area contributed by atoms with Crippen LogP contribution in [0.25, 0.3) is 0 Å². The Bertz CT molecular complexity index is 1530. The first-order valence-corrected chi connectivity index (χ1v) is 13.1. The normalized spacial score (nSPS) is 10.2. The molecule has 0 heterocycles. The fraction of sp³-hybridized carbons (Fsp3) is 0.0968. The molecule has 0 aliphatic heterocycles. The molecule has 0 aliphatic rings. The molecule has 10 heteroatoms. The van der Waals surface area contributed by atoms with Crippen molar-refractivity contribution in [2.24, 2.45) is 0 Å². The number of hydrogen-bond acceptors (Lipinski definition) is 6. The number of para-hydroxylation sites is 2. The fourth-order valence-corrected chi connectivity index (χ4v) is 3.87. The highest BCUT2D eigenvalue weighted by Gasteiger charge is 2.15. The van der Waals surface area contributed by atoms with Crippen LogP contribution in [0.4, 0.5) is 5.69 Å². The smallest absolute Gasteiger partial charge is 0.269 e. The number of amides is 3. The lowest BCUT2D eigenvalue weighted by molar-refractivity contribution is 0.0933. The first-order chi connectivity index (χ1) is 19.9. The summed E-state index contributed by atoms with van der Waals surface area (Å²) in [5, 5.41) is 5.22. The molecule has 4 aromatic rings. The predicted molar refractivity (Wildman–Crippen MR) is 160 cm³/mol. The largest absolute Gasteiger partial charge is 0.490 e. The molecule has 4 aromatic carbocycles. The summed E-state index contributed by atoms with van der Waals surface area (Å²) in [6.07, 6.45) is 0. The molecule has 4 rings (SSSR count). The zero-order valence-corrected chi connectivity index (χ0v) is 23.0. The molecule has 0 aromatic heterocycles. The van der Waals surface area contributed by atoms with Crippen LogP contribution in [0.5, 0.6) is 11.5 Å². The Morgan fingerprint density at radius 1 is 0.659 bits per heavy atom. The number of hydrazine groups is 1. The van der Waals surface area contributed by atoms with E-state index in [1.54, 1.807) is 60.7 Å². The highest BCUT2D eigenvalue weighted by molar-refractivity contribution is 7.80. The topological polar surface area (TPSA) is 118 Å². The first kappa shape index (κ1) is 28.8. The van der Waals surface area contributed by atoms with Gasteiger partial charge in [-0.25, -0.2) is 0 Å². The minimum atomic E-state index is -0.509. The second kappa shape index (κ2) is 14.2. The van der Waals surface area contributed by atoms with Crippen molar-refractivity contribution >= 4 is 40.7 Å². The van der Waals surface area contributed by atoms with Gasteiger partial charge in [-0.15, -0.1) is 0 Å². The van der Waals surface area contributed by atoms with Crippen LogP contribution in [0.15, 0.2) is 103 Å². The Morgan fingerprint density at radius 3 is 2.02 bits per heavy atom. The fourth-order valence-electron chi connectivity index (χ4n) is 3.73. The maximum absolute atomic E-state index is 12.8. The van der Waals surface area contributed by atoms with Crippen molar-refractivity contribution in [1.29, 1.82) is 0 Å². The lowest BCUT2D eigenvalue weighted by atomic mass is 10.1. The quantitative estimate of drug-likeness (QED) is 0.132. The Labute approximate surface area is 242 Å². The van der Waals surface area contributed by atoms with Gasteiger partial charge in [0.1, 0.15) is 24.7 Å². The number of benzene rings is 4. The van der Waals surface area contributed by atoms with Crippen molar-refractivity contribution in [1.82, 2.24) is 16.2 Å². The van der Waals surface area contributed by atoms with Gasteiger partial charge in [0.05, 0.1) is 5.56 Å². The average molecular weight is 569 g/mol. The number of carbonyl (C=O) groups is 3. The number of rotatable bonds is 9. The third-order valence-corrected chi connectivity index (χ3v) is 6.00. The summed E-state index contributed by atoms with van der Waals surface area (Å²) < 4.78 is 11.4. The van der Waals surface area contributed by atoms with Gasteiger partial charge in [0.15, 0.2) is 5.11 Å². The minimum Gasteiger partial charge on any atom is -0.490 e. The van der Waals surface area contributed by atoms with E-state index in [9.17, 15) is 14.4 Å². The monoisotopic (exact) mass is 568 g/mol. The van der Waals surface area contributed by atoms with Crippen molar-refractivity contribution in [3.05, 3.63) is 125 Å². The average Bonchev–Trinajstić information content (AvgIpc) is 2.99. The van der Waals surface area contributed by atoms with Gasteiger partial charge in [0, 0.05) is 16.8 Å². The third kappa shape index (κ3) is 8.38. The summed E-state index contributed by atoms with van der Waals surface area (Å²) in [6, 6.07) is 29.7. The molecule has 208 valence electrons. The Kier molecular flexibility index (Phi) is 10.0. The molecule has 9 nitrogen and oxygen atoms in total. The zero-order chi connectivity index (χ0) is 29.0. The lowest BCUT2D eigenvalue weighted by Gasteiger charge is -2.14. The highest BCUT2D eigenvalue weighted by Crippen LogP contribution is 2.18. The Morgan fingerprint density at radius 2 is 1.29 bits per heavy atom. The SMILES string of the molecule is Cc1ccccc1C(=O)Nc1ccc(C(=O)NNC(=S)NC(=O)c2ccccc2OCCOc2ccccc2)cc1. The summed E-state index contributed by atoms with van der Waals surface area (Å²) in [5.74, 6) is -0.148. The minimum absolute atomic E-state index is 0.104. The number of anilines is 1. The molecule has 0 aliphatic carbocycles. The van der Waals surface area contributed by atoms with E-state index in [0.717, 1.165) is 11.3 Å². The van der Waals surface area contributed by atoms with Gasteiger partial charge in [-0.1, -0.05) is 48.5 Å². The van der Waals surface area contributed by atoms with Crippen LogP contribution in [0.2, 0.25) is 0 Å². The number of thiocarbonyl (C=S) groups is 1. The maximum atomic E-state index is 12.8. The standard InChI is InChI=1S/C31H28N4O5S/c1-21-9-5-6-12-25(21)29(37)32-23-17-15-22(16-18-23)28(36)34-35-31(41)33-30(38)26-13-7-8-14-27(26)40-20-19-39-24-10-3-2-4-11-24/h2-18H,19-20H2,1H3,(H,32,37)(H,34,36)(H2,33,35,38,41). The predicted octanol–water partition coefficient (Wildman–Crippen LogP) is 4.65. The molecule has 0 fully saturated rings. The molecule has 0 unspecified atom stereocenters. The van der Waals surface area contributed by atoms with Crippen molar-refractivity contribution < 1.29 is 23.9 Å². The van der Waals surface area contributed by atoms with E-state index in [-0.39, 0.29) is 23.2 Å². The molecular formula is C31H28N4O5S. The Hall–Kier alpha value is -5.22. The van der Waals surface area contributed by atoms with Crippen LogP contribution in [0, 0.1) is 6.92 Å². The molecule has 0 bridgehead atoms. The zero-order valence-electron chi connectivity index (χ0n) is 22.2. The van der Waals surface area contributed by atoms with Crippen LogP contribution in [0.1, 0.15) is 36.6 Å². The number of hydrogen-bond donors (Lipinski definition) is 4. The second-order valence-electron chi connectivity index (χ2n) is 8.71. The van der Waals surface area contributed by atoms with E-state index in [4.69, 9.17) is 21.7 Å². The first-order valence-electron chi connectivity index (χ1n) is 12.7. The van der Waals surface area contributed by atoms with Crippen molar-refractivity contribution in [3.63, 3.8) is 0 Å². The summed E-state index contributed by atoms with van der Waals surface area (Å²) in [6.45, 7) is 2.39. The number of nitrogens with one attached hydrogen (secondary N) is 4. The van der Waals surface area contributed by atoms with E-state index in [1.165, 1.54) is 0 Å². The number of carbonyl (C=O) groups excluding carboxylic acids is 3. The van der Waals surface area contributed by atoms with Crippen LogP contribution < -0.4 is 31.0 Å². The Balaban J connectivity index is 1.23. The molecular weight excluding hydrogens is 540 g/mol. The summed E-state index contributed by atoms with van der Waals surface area (Å²) in [7, 11) is 0. The number of aryl methyl sites for hydroxylation is 1. The van der Waals surface area contributed by atoms with Crippen molar-refractivity contribution in [2.45, 2.75) is 6.92 Å².